The zero-order valence-corrected chi connectivity index (χ0v) is 45.1. The molecule has 74 heavy (non-hydrogen) atoms. The van der Waals surface area contributed by atoms with Crippen LogP contribution in [0.5, 0.6) is 0 Å². The van der Waals surface area contributed by atoms with Crippen molar-refractivity contribution in [2.24, 2.45) is 0 Å². The van der Waals surface area contributed by atoms with Gasteiger partial charge in [0.2, 0.25) is 5.36 Å². The van der Waals surface area contributed by atoms with E-state index in [9.17, 15) is 40.3 Å². The van der Waals surface area contributed by atoms with E-state index in [1.807, 2.05) is 42.2 Å². The number of carbonyl (C=O) groups is 3. The van der Waals surface area contributed by atoms with Crippen LogP contribution in [0.1, 0.15) is 95.9 Å². The molecule has 0 bridgehead atoms. The molecule has 3 heterocycles. The smallest absolute Gasteiger partial charge is 0.333 e. The van der Waals surface area contributed by atoms with Gasteiger partial charge in [0.15, 0.2) is 13.1 Å². The molecule has 1 saturated heterocycles. The van der Waals surface area contributed by atoms with Gasteiger partial charge < -0.3 is 42.6 Å². The standard InChI is InChI=1S/C52H73N3O17S2/c1-51(2,3)43-37-40(71-46-36-39(15-17-42(43)46)53(23-25-67-31-33-69-29-27-65-5)24-26-68-32-34-70-30-28-66-6)12-10-13-47-52(4,21-11-35-73(59,60)61)44-38-41(74(62,63)64)16-18-45(44)54(47)22-9-7-8-14-50(58)72-55-48(56)19-20-49(55)57/h10,12-13,15-18,36-38H,7-9,11,14,19-35H2,1-6H3,(H-,59,60,61,62,63,64)/p+1. The lowest BCUT2D eigenvalue weighted by atomic mass is 9.77. The first kappa shape index (κ1) is 60.0. The summed E-state index contributed by atoms with van der Waals surface area (Å²) < 4.78 is 111. The summed E-state index contributed by atoms with van der Waals surface area (Å²) >= 11 is 0. The fourth-order valence-corrected chi connectivity index (χ4v) is 9.82. The Morgan fingerprint density at radius 3 is 1.97 bits per heavy atom. The molecule has 0 spiro atoms. The Labute approximate surface area is 435 Å². The average molecular weight is 1080 g/mol. The SMILES string of the molecule is COCCOCCOCC[N+](CCOCCOCCOC)=c1ccc2c(C(C)(C)C)cc(/C=C/C=C3/N(CCCCCC(=O)ON4C(=O)CCC4=O)c4ccc(S(=O)(=O)O)cc4C3(C)CCCS(=O)(=O)O)oc-2c1. The van der Waals surface area contributed by atoms with Crippen LogP contribution in [0.15, 0.2) is 69.6 Å². The third-order valence-electron chi connectivity index (χ3n) is 12.6. The third-order valence-corrected chi connectivity index (χ3v) is 14.3. The Bertz CT molecular complexity index is 2660. The predicted molar refractivity (Wildman–Crippen MR) is 275 cm³/mol. The van der Waals surface area contributed by atoms with Crippen molar-refractivity contribution in [2.75, 3.05) is 111 Å². The molecule has 1 unspecified atom stereocenters. The number of anilines is 1. The van der Waals surface area contributed by atoms with Crippen LogP contribution in [-0.2, 0) is 78.7 Å². The normalized spacial score (nSPS) is 16.9. The summed E-state index contributed by atoms with van der Waals surface area (Å²) in [5.41, 5.74) is 2.45. The van der Waals surface area contributed by atoms with E-state index in [4.69, 9.17) is 37.7 Å². The summed E-state index contributed by atoms with van der Waals surface area (Å²) in [6, 6.07) is 12.4. The number of benzene rings is 2. The monoisotopic (exact) mass is 1080 g/mol. The van der Waals surface area contributed by atoms with Gasteiger partial charge in [-0.05, 0) is 91.6 Å². The molecule has 1 atom stereocenters. The summed E-state index contributed by atoms with van der Waals surface area (Å²) in [7, 11) is -5.74. The first-order chi connectivity index (χ1) is 35.2. The number of allylic oxidation sites excluding steroid dienone is 3. The maximum Gasteiger partial charge on any atom is 0.333 e. The minimum atomic E-state index is -4.64. The number of hydroxylamine groups is 2. The van der Waals surface area contributed by atoms with Gasteiger partial charge in [-0.25, -0.2) is 9.37 Å². The summed E-state index contributed by atoms with van der Waals surface area (Å²) in [5, 5.41) is 1.41. The van der Waals surface area contributed by atoms with Crippen LogP contribution in [0.4, 0.5) is 5.69 Å². The van der Waals surface area contributed by atoms with E-state index in [2.05, 4.69) is 37.5 Å². The van der Waals surface area contributed by atoms with Crippen molar-refractivity contribution in [1.82, 2.24) is 9.64 Å². The summed E-state index contributed by atoms with van der Waals surface area (Å²) in [6.07, 6.45) is 7.03. The number of unbranched alkanes of at least 4 members (excludes halogenated alkanes) is 2. The molecule has 0 saturated carbocycles. The molecule has 22 heteroatoms. The van der Waals surface area contributed by atoms with Crippen LogP contribution in [0.3, 0.4) is 0 Å². The van der Waals surface area contributed by atoms with E-state index in [0.29, 0.717) is 138 Å². The second-order valence-corrected chi connectivity index (χ2v) is 22.2. The number of hydrogen-bond donors (Lipinski definition) is 2. The molecule has 3 aliphatic heterocycles. The van der Waals surface area contributed by atoms with Crippen LogP contribution < -0.4 is 14.8 Å². The lowest BCUT2D eigenvalue weighted by Crippen LogP contribution is -2.36. The molecule has 1 aromatic carbocycles. The number of imide groups is 1. The molecule has 20 nitrogen and oxygen atoms in total. The molecule has 5 rings (SSSR count). The van der Waals surface area contributed by atoms with Crippen molar-refractivity contribution in [3.8, 4) is 11.3 Å². The lowest BCUT2D eigenvalue weighted by molar-refractivity contribution is -0.197. The molecular weight excluding hydrogens is 1000 g/mol. The quantitative estimate of drug-likeness (QED) is 0.0336. The van der Waals surface area contributed by atoms with E-state index in [-0.39, 0.29) is 42.4 Å². The molecule has 1 aromatic rings. The van der Waals surface area contributed by atoms with E-state index in [1.54, 1.807) is 20.3 Å². The minimum Gasteiger partial charge on any atom is -0.456 e. The highest BCUT2D eigenvalue weighted by Gasteiger charge is 2.44. The summed E-state index contributed by atoms with van der Waals surface area (Å²) in [5.74, 6) is -1.21. The number of methoxy groups -OCH3 is 2. The molecule has 4 aliphatic rings. The van der Waals surface area contributed by atoms with Gasteiger partial charge in [-0.1, -0.05) is 33.3 Å². The first-order valence-corrected chi connectivity index (χ1v) is 28.0. The Kier molecular flexibility index (Phi) is 22.9. The van der Waals surface area contributed by atoms with Crippen molar-refractivity contribution in [3.05, 3.63) is 82.6 Å². The number of fused-ring (bicyclic) bond motifs is 2. The number of carbonyl (C=O) groups excluding carboxylic acids is 3. The van der Waals surface area contributed by atoms with Crippen molar-refractivity contribution in [1.29, 1.82) is 0 Å². The molecule has 1 aliphatic carbocycles. The van der Waals surface area contributed by atoms with Crippen LogP contribution in [-0.4, -0.2) is 154 Å². The molecule has 2 amide bonds. The Morgan fingerprint density at radius 1 is 0.784 bits per heavy atom. The highest BCUT2D eigenvalue weighted by atomic mass is 32.2. The van der Waals surface area contributed by atoms with Gasteiger partial charge in [0, 0.05) is 68.5 Å². The largest absolute Gasteiger partial charge is 0.456 e. The molecule has 1 fully saturated rings. The van der Waals surface area contributed by atoms with Crippen LogP contribution in [0.25, 0.3) is 17.4 Å². The highest BCUT2D eigenvalue weighted by molar-refractivity contribution is 7.86. The van der Waals surface area contributed by atoms with E-state index in [0.717, 1.165) is 16.5 Å². The van der Waals surface area contributed by atoms with Crippen molar-refractivity contribution >= 4 is 49.8 Å². The highest BCUT2D eigenvalue weighted by Crippen LogP contribution is 2.51. The summed E-state index contributed by atoms with van der Waals surface area (Å²) in [4.78, 5) is 43.1. The van der Waals surface area contributed by atoms with E-state index >= 15 is 0 Å². The van der Waals surface area contributed by atoms with Crippen LogP contribution in [0, 0.1) is 0 Å². The number of amides is 2. The number of hydrogen-bond acceptors (Lipinski definition) is 16. The molecule has 0 aromatic heterocycles. The van der Waals surface area contributed by atoms with Crippen molar-refractivity contribution in [3.63, 3.8) is 0 Å². The predicted octanol–water partition coefficient (Wildman–Crippen LogP) is 5.57. The molecular formula is C52H74N3O17S2+. The third kappa shape index (κ3) is 17.9. The minimum absolute atomic E-state index is 0.0143. The second kappa shape index (κ2) is 28.3. The molecule has 0 radical (unpaired) electrons. The lowest BCUT2D eigenvalue weighted by Gasteiger charge is -2.30. The van der Waals surface area contributed by atoms with Gasteiger partial charge in [-0.2, -0.15) is 16.8 Å². The Morgan fingerprint density at radius 2 is 1.39 bits per heavy atom. The molecule has 410 valence electrons. The summed E-state index contributed by atoms with van der Waals surface area (Å²) in [6.45, 7) is 14.3. The second-order valence-electron chi connectivity index (χ2n) is 19.2. The fraction of sp³-hybridized carbons (Fsp3) is 0.577. The first-order valence-electron chi connectivity index (χ1n) is 24.9. The Hall–Kier alpha value is -4.88. The van der Waals surface area contributed by atoms with Gasteiger partial charge in [-0.3, -0.25) is 18.7 Å². The Balaban J connectivity index is 1.49. The van der Waals surface area contributed by atoms with Crippen LogP contribution in [0.2, 0.25) is 0 Å². The maximum absolute atomic E-state index is 12.5. The van der Waals surface area contributed by atoms with Crippen molar-refractivity contribution in [2.45, 2.75) is 94.8 Å². The van der Waals surface area contributed by atoms with E-state index in [1.165, 1.54) is 12.1 Å². The number of ether oxygens (including phenoxy) is 6. The maximum atomic E-state index is 12.5. The van der Waals surface area contributed by atoms with Gasteiger partial charge in [0.1, 0.15) is 24.7 Å². The van der Waals surface area contributed by atoms with Crippen molar-refractivity contribution < 1.29 is 78.0 Å². The van der Waals surface area contributed by atoms with Gasteiger partial charge in [0.25, 0.3) is 32.1 Å². The number of rotatable bonds is 32. The zero-order chi connectivity index (χ0) is 53.9. The zero-order valence-electron chi connectivity index (χ0n) is 43.5. The van der Waals surface area contributed by atoms with Gasteiger partial charge in [0.05, 0.1) is 69.6 Å². The number of nitrogens with zero attached hydrogens (tertiary/aromatic N) is 3. The van der Waals surface area contributed by atoms with Gasteiger partial charge in [-0.15, -0.1) is 5.06 Å². The average Bonchev–Trinajstić information content (AvgIpc) is 3.77. The molecule has 2 N–H and O–H groups in total. The van der Waals surface area contributed by atoms with Gasteiger partial charge >= 0.3 is 5.97 Å². The van der Waals surface area contributed by atoms with E-state index < -0.39 is 49.2 Å². The topological polar surface area (TPSA) is 247 Å². The van der Waals surface area contributed by atoms with Crippen LogP contribution >= 0.6 is 0 Å². The fourth-order valence-electron chi connectivity index (χ4n) is 8.80.